The monoisotopic (exact) mass is 300 g/mol. The van der Waals surface area contributed by atoms with Crippen LogP contribution in [0.25, 0.3) is 0 Å². The summed E-state index contributed by atoms with van der Waals surface area (Å²) in [6, 6.07) is -0.342. The van der Waals surface area contributed by atoms with E-state index in [-0.39, 0.29) is 11.9 Å². The maximum Gasteiger partial charge on any atom is 0.244 e. The van der Waals surface area contributed by atoms with Gasteiger partial charge in [-0.2, -0.15) is 5.10 Å². The molecule has 0 saturated carbocycles. The van der Waals surface area contributed by atoms with Gasteiger partial charge in [0.1, 0.15) is 6.04 Å². The molecule has 0 bridgehead atoms. The maximum atomic E-state index is 12.0. The lowest BCUT2D eigenvalue weighted by Gasteiger charge is -2.26. The van der Waals surface area contributed by atoms with Crippen LogP contribution in [0.2, 0.25) is 5.02 Å². The number of hydrogen-bond acceptors (Lipinski definition) is 4. The van der Waals surface area contributed by atoms with Crippen LogP contribution in [0.4, 0.5) is 0 Å². The SMILES string of the molecule is CC(C(=O)NCCCN1CCOCC1)n1cc(Cl)cn1. The molecule has 1 saturated heterocycles. The lowest BCUT2D eigenvalue weighted by Crippen LogP contribution is -2.38. The molecule has 20 heavy (non-hydrogen) atoms. The predicted octanol–water partition coefficient (Wildman–Crippen LogP) is 0.936. The van der Waals surface area contributed by atoms with Crippen LogP contribution >= 0.6 is 11.6 Å². The van der Waals surface area contributed by atoms with Gasteiger partial charge in [-0.05, 0) is 19.9 Å². The van der Waals surface area contributed by atoms with Gasteiger partial charge < -0.3 is 10.1 Å². The number of halogens is 1. The Morgan fingerprint density at radius 2 is 2.30 bits per heavy atom. The van der Waals surface area contributed by atoms with Crippen molar-refractivity contribution in [2.75, 3.05) is 39.4 Å². The highest BCUT2D eigenvalue weighted by Gasteiger charge is 2.15. The Morgan fingerprint density at radius 1 is 1.55 bits per heavy atom. The van der Waals surface area contributed by atoms with Gasteiger partial charge in [0.05, 0.1) is 24.4 Å². The highest BCUT2D eigenvalue weighted by molar-refractivity contribution is 6.30. The van der Waals surface area contributed by atoms with E-state index in [9.17, 15) is 4.79 Å². The van der Waals surface area contributed by atoms with E-state index in [1.807, 2.05) is 0 Å². The number of ether oxygens (including phenoxy) is 1. The van der Waals surface area contributed by atoms with Crippen molar-refractivity contribution < 1.29 is 9.53 Å². The molecule has 7 heteroatoms. The number of aromatic nitrogens is 2. The summed E-state index contributed by atoms with van der Waals surface area (Å²) in [6.07, 6.45) is 4.13. The molecular formula is C13H21ClN4O2. The van der Waals surface area contributed by atoms with Crippen LogP contribution < -0.4 is 5.32 Å². The summed E-state index contributed by atoms with van der Waals surface area (Å²) in [4.78, 5) is 14.3. The van der Waals surface area contributed by atoms with Crippen LogP contribution in [0.3, 0.4) is 0 Å². The van der Waals surface area contributed by atoms with Gasteiger partial charge in [-0.25, -0.2) is 0 Å². The molecule has 0 radical (unpaired) electrons. The average Bonchev–Trinajstić information content (AvgIpc) is 2.90. The summed E-state index contributed by atoms with van der Waals surface area (Å²) < 4.78 is 6.86. The van der Waals surface area contributed by atoms with Gasteiger partial charge in [-0.15, -0.1) is 0 Å². The number of carbonyl (C=O) groups is 1. The zero-order chi connectivity index (χ0) is 14.4. The molecule has 6 nitrogen and oxygen atoms in total. The first-order chi connectivity index (χ1) is 9.66. The lowest BCUT2D eigenvalue weighted by molar-refractivity contribution is -0.124. The van der Waals surface area contributed by atoms with Crippen molar-refractivity contribution >= 4 is 17.5 Å². The van der Waals surface area contributed by atoms with Crippen LogP contribution in [-0.2, 0) is 9.53 Å². The van der Waals surface area contributed by atoms with E-state index in [1.54, 1.807) is 17.8 Å². The van der Waals surface area contributed by atoms with Gasteiger partial charge in [-0.1, -0.05) is 11.6 Å². The van der Waals surface area contributed by atoms with Crippen LogP contribution in [0.5, 0.6) is 0 Å². The minimum absolute atomic E-state index is 0.0354. The fourth-order valence-corrected chi connectivity index (χ4v) is 2.28. The van der Waals surface area contributed by atoms with Crippen molar-refractivity contribution in [3.63, 3.8) is 0 Å². The molecule has 1 aliphatic rings. The van der Waals surface area contributed by atoms with E-state index in [1.165, 1.54) is 6.20 Å². The average molecular weight is 301 g/mol. The molecule has 1 fully saturated rings. The summed E-state index contributed by atoms with van der Waals surface area (Å²) >= 11 is 5.79. The topological polar surface area (TPSA) is 59.4 Å². The maximum absolute atomic E-state index is 12.0. The quantitative estimate of drug-likeness (QED) is 0.794. The van der Waals surface area contributed by atoms with Gasteiger partial charge in [0.15, 0.2) is 0 Å². The van der Waals surface area contributed by atoms with E-state index in [4.69, 9.17) is 16.3 Å². The minimum atomic E-state index is -0.342. The number of hydrogen-bond donors (Lipinski definition) is 1. The Bertz CT molecular complexity index is 432. The van der Waals surface area contributed by atoms with E-state index < -0.39 is 0 Å². The molecule has 1 aliphatic heterocycles. The third-order valence-electron chi connectivity index (χ3n) is 3.40. The molecule has 112 valence electrons. The molecule has 1 unspecified atom stereocenters. The molecule has 2 heterocycles. The smallest absolute Gasteiger partial charge is 0.244 e. The molecule has 1 aromatic heterocycles. The molecule has 0 aliphatic carbocycles. The predicted molar refractivity (Wildman–Crippen MR) is 76.8 cm³/mol. The van der Waals surface area contributed by atoms with Crippen molar-refractivity contribution in [3.05, 3.63) is 17.4 Å². The standard InChI is InChI=1S/C13H21ClN4O2/c1-11(18-10-12(14)9-16-18)13(19)15-3-2-4-17-5-7-20-8-6-17/h9-11H,2-8H2,1H3,(H,15,19). The summed E-state index contributed by atoms with van der Waals surface area (Å²) in [7, 11) is 0. The van der Waals surface area contributed by atoms with Gasteiger partial charge in [0.2, 0.25) is 5.91 Å². The molecular weight excluding hydrogens is 280 g/mol. The number of carbonyl (C=O) groups excluding carboxylic acids is 1. The number of rotatable bonds is 6. The van der Waals surface area contributed by atoms with E-state index in [0.717, 1.165) is 39.3 Å². The molecule has 2 rings (SSSR count). The molecule has 0 aromatic carbocycles. The zero-order valence-electron chi connectivity index (χ0n) is 11.7. The van der Waals surface area contributed by atoms with E-state index in [0.29, 0.717) is 11.6 Å². The third-order valence-corrected chi connectivity index (χ3v) is 3.60. The van der Waals surface area contributed by atoms with E-state index in [2.05, 4.69) is 15.3 Å². The number of nitrogens with one attached hydrogen (secondary N) is 1. The summed E-state index contributed by atoms with van der Waals surface area (Å²) in [5.41, 5.74) is 0. The second kappa shape index (κ2) is 7.61. The highest BCUT2D eigenvalue weighted by Crippen LogP contribution is 2.10. The molecule has 0 spiro atoms. The summed E-state index contributed by atoms with van der Waals surface area (Å²) in [5.74, 6) is -0.0354. The van der Waals surface area contributed by atoms with Crippen molar-refractivity contribution in [2.24, 2.45) is 0 Å². The minimum Gasteiger partial charge on any atom is -0.379 e. The Kier molecular flexibility index (Phi) is 5.82. The number of morpholine rings is 1. The van der Waals surface area contributed by atoms with Gasteiger partial charge in [-0.3, -0.25) is 14.4 Å². The van der Waals surface area contributed by atoms with Gasteiger partial charge in [0.25, 0.3) is 0 Å². The molecule has 1 aromatic rings. The Balaban J connectivity index is 1.64. The summed E-state index contributed by atoms with van der Waals surface area (Å²) in [6.45, 7) is 7.06. The number of amides is 1. The molecule has 1 N–H and O–H groups in total. The fraction of sp³-hybridized carbons (Fsp3) is 0.692. The van der Waals surface area contributed by atoms with Crippen molar-refractivity contribution in [2.45, 2.75) is 19.4 Å². The van der Waals surface area contributed by atoms with Gasteiger partial charge in [0, 0.05) is 25.8 Å². The van der Waals surface area contributed by atoms with Crippen molar-refractivity contribution in [1.82, 2.24) is 20.0 Å². The van der Waals surface area contributed by atoms with Crippen LogP contribution in [0.1, 0.15) is 19.4 Å². The highest BCUT2D eigenvalue weighted by atomic mass is 35.5. The van der Waals surface area contributed by atoms with Crippen molar-refractivity contribution in [3.8, 4) is 0 Å². The Labute approximate surface area is 124 Å². The Morgan fingerprint density at radius 3 is 2.95 bits per heavy atom. The lowest BCUT2D eigenvalue weighted by atomic mass is 10.3. The van der Waals surface area contributed by atoms with Crippen molar-refractivity contribution in [1.29, 1.82) is 0 Å². The first-order valence-electron chi connectivity index (χ1n) is 6.94. The molecule has 1 amide bonds. The third kappa shape index (κ3) is 4.47. The zero-order valence-corrected chi connectivity index (χ0v) is 12.5. The first-order valence-corrected chi connectivity index (χ1v) is 7.32. The van der Waals surface area contributed by atoms with Gasteiger partial charge >= 0.3 is 0 Å². The first kappa shape index (κ1) is 15.3. The largest absolute Gasteiger partial charge is 0.379 e. The number of nitrogens with zero attached hydrogens (tertiary/aromatic N) is 3. The summed E-state index contributed by atoms with van der Waals surface area (Å²) in [5, 5.41) is 7.51. The van der Waals surface area contributed by atoms with Crippen LogP contribution in [0.15, 0.2) is 12.4 Å². The second-order valence-electron chi connectivity index (χ2n) is 4.91. The Hall–Kier alpha value is -1.11. The van der Waals surface area contributed by atoms with Crippen LogP contribution in [0, 0.1) is 0 Å². The molecule has 1 atom stereocenters. The fourth-order valence-electron chi connectivity index (χ4n) is 2.13. The second-order valence-corrected chi connectivity index (χ2v) is 5.35. The normalized spacial score (nSPS) is 17.9. The van der Waals surface area contributed by atoms with Crippen LogP contribution in [-0.4, -0.2) is 60.0 Å². The van der Waals surface area contributed by atoms with E-state index >= 15 is 0 Å².